The number of amidine groups is 2. The van der Waals surface area contributed by atoms with Gasteiger partial charge >= 0.3 is 0 Å². The molecule has 3 aliphatic rings. The van der Waals surface area contributed by atoms with E-state index in [2.05, 4.69) is 15.6 Å². The molecule has 3 aliphatic heterocycles. The fraction of sp³-hybridized carbons (Fsp3) is 0.281. The first-order valence-electron chi connectivity index (χ1n) is 14.3. The molecule has 3 amide bonds. The van der Waals surface area contributed by atoms with Crippen LogP contribution in [0.4, 0.5) is 5.69 Å². The zero-order valence-electron chi connectivity index (χ0n) is 24.7. The van der Waals surface area contributed by atoms with E-state index in [9.17, 15) is 14.4 Å². The lowest BCUT2D eigenvalue weighted by molar-refractivity contribution is -0.126. The molecule has 1 unspecified atom stereocenters. The van der Waals surface area contributed by atoms with E-state index < -0.39 is 11.9 Å². The molecular formula is C32H31N5O7S. The van der Waals surface area contributed by atoms with Gasteiger partial charge < -0.3 is 29.6 Å². The second-order valence-corrected chi connectivity index (χ2v) is 11.3. The van der Waals surface area contributed by atoms with E-state index in [1.165, 1.54) is 11.8 Å². The summed E-state index contributed by atoms with van der Waals surface area (Å²) in [6.45, 7) is 0.844. The highest BCUT2D eigenvalue weighted by atomic mass is 32.2. The van der Waals surface area contributed by atoms with Gasteiger partial charge in [-0.05, 0) is 53.9 Å². The minimum atomic E-state index is -0.885. The first-order chi connectivity index (χ1) is 21.9. The van der Waals surface area contributed by atoms with E-state index in [-0.39, 0.29) is 37.3 Å². The lowest BCUT2D eigenvalue weighted by Crippen LogP contribution is -2.46. The highest BCUT2D eigenvalue weighted by Crippen LogP contribution is 2.35. The first-order valence-corrected chi connectivity index (χ1v) is 15.3. The number of hydrogen-bond donors (Lipinski definition) is 2. The average Bonchev–Trinajstić information content (AvgIpc) is 3.66. The molecule has 6 rings (SSSR count). The minimum absolute atomic E-state index is 0.0634. The van der Waals surface area contributed by atoms with Crippen molar-refractivity contribution in [3.05, 3.63) is 77.4 Å². The van der Waals surface area contributed by atoms with Crippen molar-refractivity contribution in [3.63, 3.8) is 0 Å². The number of fused-ring (bicyclic) bond motifs is 4. The van der Waals surface area contributed by atoms with Crippen LogP contribution in [0.5, 0.6) is 23.0 Å². The molecule has 0 saturated heterocycles. The predicted octanol–water partition coefficient (Wildman–Crippen LogP) is 3.19. The summed E-state index contributed by atoms with van der Waals surface area (Å²) in [5.74, 6) is 2.09. The molecule has 2 N–H and O–H groups in total. The van der Waals surface area contributed by atoms with Crippen molar-refractivity contribution in [3.8, 4) is 23.0 Å². The smallest absolute Gasteiger partial charge is 0.271 e. The normalized spacial score (nSPS) is 15.9. The Morgan fingerprint density at radius 2 is 1.73 bits per heavy atom. The summed E-state index contributed by atoms with van der Waals surface area (Å²) >= 11 is 1.19. The number of thioether (sulfide) groups is 1. The summed E-state index contributed by atoms with van der Waals surface area (Å²) in [5.41, 5.74) is 3.16. The van der Waals surface area contributed by atoms with Gasteiger partial charge in [0.05, 0.1) is 32.1 Å². The van der Waals surface area contributed by atoms with Crippen LogP contribution in [0.3, 0.4) is 0 Å². The van der Waals surface area contributed by atoms with Crippen LogP contribution in [0.25, 0.3) is 0 Å². The molecule has 1 atom stereocenters. The zero-order valence-corrected chi connectivity index (χ0v) is 25.5. The van der Waals surface area contributed by atoms with Crippen molar-refractivity contribution < 1.29 is 33.3 Å². The third-order valence-electron chi connectivity index (χ3n) is 7.43. The minimum Gasteiger partial charge on any atom is -0.493 e. The summed E-state index contributed by atoms with van der Waals surface area (Å²) < 4.78 is 21.4. The van der Waals surface area contributed by atoms with Crippen molar-refractivity contribution >= 4 is 46.2 Å². The van der Waals surface area contributed by atoms with Crippen LogP contribution in [0.2, 0.25) is 0 Å². The molecule has 12 nitrogen and oxygen atoms in total. The van der Waals surface area contributed by atoms with Crippen molar-refractivity contribution in [2.24, 2.45) is 9.98 Å². The lowest BCUT2D eigenvalue weighted by Gasteiger charge is -2.30. The molecule has 3 aromatic carbocycles. The molecule has 45 heavy (non-hydrogen) atoms. The number of benzene rings is 3. The maximum Gasteiger partial charge on any atom is 0.271 e. The van der Waals surface area contributed by atoms with E-state index >= 15 is 0 Å². The molecule has 0 spiro atoms. The maximum atomic E-state index is 13.1. The number of methoxy groups -OCH3 is 2. The number of aliphatic imine (C=N–C) groups is 2. The average molecular weight is 630 g/mol. The third kappa shape index (κ3) is 6.58. The van der Waals surface area contributed by atoms with Gasteiger partial charge in [-0.3, -0.25) is 19.3 Å². The number of para-hydroxylation sites is 1. The fourth-order valence-electron chi connectivity index (χ4n) is 5.17. The number of carbonyl (C=O) groups is 3. The summed E-state index contributed by atoms with van der Waals surface area (Å²) in [6.07, 6.45) is 0.474. The Kier molecular flexibility index (Phi) is 8.87. The zero-order chi connectivity index (χ0) is 31.3. The summed E-state index contributed by atoms with van der Waals surface area (Å²) in [6, 6.07) is 17.6. The molecule has 0 saturated carbocycles. The highest BCUT2D eigenvalue weighted by molar-refractivity contribution is 8.14. The Morgan fingerprint density at radius 1 is 0.933 bits per heavy atom. The van der Waals surface area contributed by atoms with Crippen LogP contribution < -0.4 is 29.6 Å². The Bertz CT molecular complexity index is 1710. The van der Waals surface area contributed by atoms with Gasteiger partial charge in [-0.2, -0.15) is 4.99 Å². The summed E-state index contributed by atoms with van der Waals surface area (Å²) in [5, 5.41) is 6.24. The Labute approximate surface area is 263 Å². The third-order valence-corrected chi connectivity index (χ3v) is 8.38. The van der Waals surface area contributed by atoms with Gasteiger partial charge in [0.25, 0.3) is 5.91 Å². The number of carbonyl (C=O) groups excluding carboxylic acids is 3. The van der Waals surface area contributed by atoms with Crippen LogP contribution >= 0.6 is 11.8 Å². The molecule has 0 bridgehead atoms. The number of ether oxygens (including phenoxy) is 4. The van der Waals surface area contributed by atoms with Gasteiger partial charge in [0, 0.05) is 18.7 Å². The number of nitrogens with one attached hydrogen (secondary N) is 2. The van der Waals surface area contributed by atoms with E-state index in [0.29, 0.717) is 58.2 Å². The van der Waals surface area contributed by atoms with E-state index in [0.717, 1.165) is 11.1 Å². The molecule has 3 heterocycles. The van der Waals surface area contributed by atoms with Gasteiger partial charge in [-0.15, -0.1) is 0 Å². The Morgan fingerprint density at radius 3 is 2.58 bits per heavy atom. The quantitative estimate of drug-likeness (QED) is 0.327. The number of hydrogen-bond acceptors (Lipinski definition) is 10. The summed E-state index contributed by atoms with van der Waals surface area (Å²) in [4.78, 5) is 49.7. The SMILES string of the molecule is COc1ccc(CCNC(=O)CSC2=Nc3ccccc3C3=NC(=O)C(CC(=O)NCc4ccc5c(c4)OCO5)N23)cc1OC. The van der Waals surface area contributed by atoms with Crippen LogP contribution in [-0.4, -0.2) is 73.0 Å². The second kappa shape index (κ2) is 13.3. The second-order valence-electron chi connectivity index (χ2n) is 10.3. The summed E-state index contributed by atoms with van der Waals surface area (Å²) in [7, 11) is 3.16. The van der Waals surface area contributed by atoms with Crippen LogP contribution in [0.1, 0.15) is 23.1 Å². The monoisotopic (exact) mass is 629 g/mol. The van der Waals surface area contributed by atoms with Gasteiger partial charge in [0.2, 0.25) is 18.6 Å². The van der Waals surface area contributed by atoms with Crippen LogP contribution in [0, 0.1) is 0 Å². The fourth-order valence-corrected chi connectivity index (χ4v) is 6.04. The molecule has 13 heteroatoms. The van der Waals surface area contributed by atoms with Crippen LogP contribution in [0.15, 0.2) is 70.6 Å². The van der Waals surface area contributed by atoms with E-state index in [4.69, 9.17) is 23.9 Å². The van der Waals surface area contributed by atoms with Gasteiger partial charge in [-0.1, -0.05) is 36.0 Å². The molecule has 3 aromatic rings. The molecule has 232 valence electrons. The van der Waals surface area contributed by atoms with Crippen molar-refractivity contribution in [2.45, 2.75) is 25.4 Å². The first kappa shape index (κ1) is 30.0. The maximum absolute atomic E-state index is 13.1. The highest BCUT2D eigenvalue weighted by Gasteiger charge is 2.42. The van der Waals surface area contributed by atoms with Crippen molar-refractivity contribution in [1.29, 1.82) is 0 Å². The molecular weight excluding hydrogens is 598 g/mol. The standard InChI is InChI=1S/C32H31N5O7S/c1-41-24-9-7-19(13-26(24)42-2)11-12-33-29(39)17-45-32-35-22-6-4-3-5-21(22)30-36-31(40)23(37(30)32)15-28(38)34-16-20-8-10-25-27(14-20)44-18-43-25/h3-10,13-14,23H,11-12,15-18H2,1-2H3,(H,33,39)(H,34,38). The Balaban J connectivity index is 1.08. The molecule has 0 fully saturated rings. The van der Waals surface area contributed by atoms with Gasteiger partial charge in [-0.25, -0.2) is 4.99 Å². The number of amides is 3. The van der Waals surface area contributed by atoms with Crippen LogP contribution in [-0.2, 0) is 27.3 Å². The van der Waals surface area contributed by atoms with Crippen molar-refractivity contribution in [2.75, 3.05) is 33.3 Å². The van der Waals surface area contributed by atoms with E-state index in [1.54, 1.807) is 25.2 Å². The predicted molar refractivity (Wildman–Crippen MR) is 168 cm³/mol. The molecule has 0 aliphatic carbocycles. The number of nitrogens with zero attached hydrogens (tertiary/aromatic N) is 3. The number of rotatable bonds is 11. The van der Waals surface area contributed by atoms with Crippen molar-refractivity contribution in [1.82, 2.24) is 15.5 Å². The Hall–Kier alpha value is -5.04. The topological polar surface area (TPSA) is 140 Å². The van der Waals surface area contributed by atoms with E-state index in [1.807, 2.05) is 54.6 Å². The largest absolute Gasteiger partial charge is 0.493 e. The lowest BCUT2D eigenvalue weighted by atomic mass is 10.1. The molecule has 0 radical (unpaired) electrons. The van der Waals surface area contributed by atoms with Gasteiger partial charge in [0.15, 0.2) is 28.2 Å². The van der Waals surface area contributed by atoms with Gasteiger partial charge in [0.1, 0.15) is 11.9 Å². The molecule has 0 aromatic heterocycles.